The van der Waals surface area contributed by atoms with Crippen LogP contribution in [0.1, 0.15) is 88.2 Å². The van der Waals surface area contributed by atoms with Gasteiger partial charge in [0.2, 0.25) is 11.8 Å². The topological polar surface area (TPSA) is 95.5 Å². The van der Waals surface area contributed by atoms with Crippen molar-refractivity contribution in [3.05, 3.63) is 41.5 Å². The normalized spacial score (nSPS) is 22.1. The van der Waals surface area contributed by atoms with Crippen LogP contribution in [0.15, 0.2) is 30.3 Å². The third-order valence-corrected chi connectivity index (χ3v) is 5.81. The Bertz CT molecular complexity index is 744. The summed E-state index contributed by atoms with van der Waals surface area (Å²) in [4.78, 5) is 35.2. The molecule has 1 heterocycles. The Morgan fingerprint density at radius 3 is 2.22 bits per heavy atom. The van der Waals surface area contributed by atoms with Crippen LogP contribution < -0.4 is 10.6 Å². The number of rotatable bonds is 1. The monoisotopic (exact) mass is 442 g/mol. The van der Waals surface area contributed by atoms with Crippen LogP contribution in [-0.4, -0.2) is 35.5 Å². The number of carbonyl (C=O) groups is 3. The second-order valence-corrected chi connectivity index (χ2v) is 8.66. The quantitative estimate of drug-likeness (QED) is 0.591. The second kappa shape index (κ2) is 15.2. The van der Waals surface area contributed by atoms with Crippen LogP contribution in [-0.2, 0) is 20.8 Å². The number of carboxylic acids is 1. The Kier molecular flexibility index (Phi) is 12.2. The minimum absolute atomic E-state index is 0.180. The Hall–Kier alpha value is -2.63. The van der Waals surface area contributed by atoms with Crippen LogP contribution in [0.4, 0.5) is 0 Å². The van der Waals surface area contributed by atoms with Gasteiger partial charge in [-0.1, -0.05) is 87.8 Å². The fourth-order valence-electron chi connectivity index (χ4n) is 3.95. The Morgan fingerprint density at radius 1 is 0.875 bits per heavy atom. The van der Waals surface area contributed by atoms with Crippen molar-refractivity contribution in [1.29, 1.82) is 0 Å². The third-order valence-electron chi connectivity index (χ3n) is 5.81. The van der Waals surface area contributed by atoms with E-state index in [2.05, 4.69) is 16.7 Å². The number of aliphatic carboxylic acids is 1. The molecule has 6 nitrogen and oxygen atoms in total. The van der Waals surface area contributed by atoms with E-state index < -0.39 is 17.9 Å². The van der Waals surface area contributed by atoms with Gasteiger partial charge in [-0.15, -0.1) is 0 Å². The fourth-order valence-corrected chi connectivity index (χ4v) is 3.95. The van der Waals surface area contributed by atoms with Crippen LogP contribution in [0.5, 0.6) is 0 Å². The predicted octanol–water partition coefficient (Wildman–Crippen LogP) is 4.62. The molecule has 6 heteroatoms. The van der Waals surface area contributed by atoms with Crippen molar-refractivity contribution >= 4 is 23.9 Å². The second-order valence-electron chi connectivity index (χ2n) is 8.66. The Labute approximate surface area is 191 Å². The zero-order valence-corrected chi connectivity index (χ0v) is 19.1. The lowest BCUT2D eigenvalue weighted by Gasteiger charge is -2.15. The van der Waals surface area contributed by atoms with Gasteiger partial charge in [-0.3, -0.25) is 9.59 Å². The molecule has 1 saturated carbocycles. The molecule has 1 fully saturated rings. The van der Waals surface area contributed by atoms with Crippen molar-refractivity contribution in [2.24, 2.45) is 0 Å². The molecule has 32 heavy (non-hydrogen) atoms. The third kappa shape index (κ3) is 11.1. The number of nitrogens with one attached hydrogen (secondary N) is 2. The van der Waals surface area contributed by atoms with Crippen LogP contribution >= 0.6 is 0 Å². The smallest absolute Gasteiger partial charge is 0.326 e. The summed E-state index contributed by atoms with van der Waals surface area (Å²) < 4.78 is 0. The zero-order chi connectivity index (χ0) is 23.0. The molecule has 2 amide bonds. The number of carbonyl (C=O) groups excluding carboxylic acids is 2. The number of allylic oxidation sites excluding steroid dienone is 1. The first-order valence-corrected chi connectivity index (χ1v) is 12.1. The molecule has 0 aromatic heterocycles. The number of carboxylic acid groups (broad SMARTS) is 1. The first-order chi connectivity index (χ1) is 15.5. The lowest BCUT2D eigenvalue weighted by Crippen LogP contribution is -2.46. The molecule has 176 valence electrons. The SMILES string of the molecule is C1CCCCC1.O=C1CCCCCC/C=C\c2cccc(c2)CC(C(=O)O)NC(=O)CN1. The van der Waals surface area contributed by atoms with Crippen LogP contribution in [0, 0.1) is 0 Å². The van der Waals surface area contributed by atoms with E-state index in [0.717, 1.165) is 43.2 Å². The summed E-state index contributed by atoms with van der Waals surface area (Å²) in [5.41, 5.74) is 1.86. The van der Waals surface area contributed by atoms with Crippen LogP contribution in [0.3, 0.4) is 0 Å². The molecule has 3 N–H and O–H groups in total. The summed E-state index contributed by atoms with van der Waals surface area (Å²) in [6.07, 6.45) is 18.6. The van der Waals surface area contributed by atoms with Crippen molar-refractivity contribution in [3.63, 3.8) is 0 Å². The lowest BCUT2D eigenvalue weighted by atomic mass is 10.0. The molecule has 1 unspecified atom stereocenters. The average Bonchev–Trinajstić information content (AvgIpc) is 2.80. The van der Waals surface area contributed by atoms with Gasteiger partial charge in [0.15, 0.2) is 0 Å². The summed E-state index contributed by atoms with van der Waals surface area (Å²) in [5.74, 6) is -1.77. The molecule has 3 rings (SSSR count). The largest absolute Gasteiger partial charge is 0.480 e. The molecule has 1 aromatic rings. The van der Waals surface area contributed by atoms with E-state index in [1.165, 1.54) is 38.5 Å². The fraction of sp³-hybridized carbons (Fsp3) is 0.577. The van der Waals surface area contributed by atoms with Gasteiger partial charge in [-0.25, -0.2) is 4.79 Å². The van der Waals surface area contributed by atoms with E-state index in [-0.39, 0.29) is 18.9 Å². The molecule has 1 atom stereocenters. The van der Waals surface area contributed by atoms with Gasteiger partial charge in [-0.05, 0) is 30.4 Å². The predicted molar refractivity (Wildman–Crippen MR) is 127 cm³/mol. The summed E-state index contributed by atoms with van der Waals surface area (Å²) in [7, 11) is 0. The van der Waals surface area contributed by atoms with Crippen LogP contribution in [0.2, 0.25) is 0 Å². The summed E-state index contributed by atoms with van der Waals surface area (Å²) in [6.45, 7) is -0.203. The van der Waals surface area contributed by atoms with Crippen molar-refractivity contribution in [2.45, 2.75) is 89.5 Å². The Balaban J connectivity index is 0.000000520. The number of amides is 2. The maximum absolute atomic E-state index is 12.0. The number of hydrogen-bond acceptors (Lipinski definition) is 3. The molecular weight excluding hydrogens is 404 g/mol. The molecular formula is C26H38N2O4. The van der Waals surface area contributed by atoms with E-state index in [1.54, 1.807) is 0 Å². The first kappa shape index (κ1) is 25.6. The molecule has 0 saturated heterocycles. The van der Waals surface area contributed by atoms with Gasteiger partial charge in [0.1, 0.15) is 6.04 Å². The maximum Gasteiger partial charge on any atom is 0.326 e. The minimum Gasteiger partial charge on any atom is -0.480 e. The average molecular weight is 443 g/mol. The molecule has 1 aromatic carbocycles. The van der Waals surface area contributed by atoms with Crippen molar-refractivity contribution in [2.75, 3.05) is 6.54 Å². The van der Waals surface area contributed by atoms with Crippen molar-refractivity contribution < 1.29 is 19.5 Å². The van der Waals surface area contributed by atoms with E-state index in [4.69, 9.17) is 0 Å². The Morgan fingerprint density at radius 2 is 1.53 bits per heavy atom. The molecule has 0 spiro atoms. The standard InChI is InChI=1S/C20H26N2O4.C6H12/c23-18-11-6-4-2-1-3-5-8-15-9-7-10-16(12-15)13-17(20(25)26)22-19(24)14-21-18;1-2-4-6-5-3-1/h5,7-10,12,17H,1-4,6,11,13-14H2,(H,21,23)(H,22,24)(H,25,26);1-6H2/b8-5-;. The lowest BCUT2D eigenvalue weighted by molar-refractivity contribution is -0.141. The first-order valence-electron chi connectivity index (χ1n) is 12.1. The minimum atomic E-state index is -1.10. The molecule has 0 radical (unpaired) electrons. The highest BCUT2D eigenvalue weighted by Gasteiger charge is 2.20. The maximum atomic E-state index is 12.0. The zero-order valence-electron chi connectivity index (χ0n) is 19.1. The van der Waals surface area contributed by atoms with Crippen molar-refractivity contribution in [3.8, 4) is 0 Å². The highest BCUT2D eigenvalue weighted by atomic mass is 16.4. The van der Waals surface area contributed by atoms with Gasteiger partial charge in [-0.2, -0.15) is 0 Å². The number of fused-ring (bicyclic) bond motifs is 2. The van der Waals surface area contributed by atoms with Gasteiger partial charge in [0.25, 0.3) is 0 Å². The van der Waals surface area contributed by atoms with Gasteiger partial charge >= 0.3 is 5.97 Å². The summed E-state index contributed by atoms with van der Waals surface area (Å²) in [5, 5.41) is 14.4. The van der Waals surface area contributed by atoms with Crippen LogP contribution in [0.25, 0.3) is 6.08 Å². The van der Waals surface area contributed by atoms with Gasteiger partial charge < -0.3 is 15.7 Å². The molecule has 1 aliphatic carbocycles. The van der Waals surface area contributed by atoms with E-state index in [0.29, 0.717) is 6.42 Å². The summed E-state index contributed by atoms with van der Waals surface area (Å²) >= 11 is 0. The van der Waals surface area contributed by atoms with E-state index >= 15 is 0 Å². The number of hydrogen-bond donors (Lipinski definition) is 3. The van der Waals surface area contributed by atoms with E-state index in [1.807, 2.05) is 30.3 Å². The van der Waals surface area contributed by atoms with Crippen molar-refractivity contribution in [1.82, 2.24) is 10.6 Å². The highest BCUT2D eigenvalue weighted by Crippen LogP contribution is 2.15. The number of benzene rings is 1. The van der Waals surface area contributed by atoms with Gasteiger partial charge in [0.05, 0.1) is 6.54 Å². The van der Waals surface area contributed by atoms with Gasteiger partial charge in [0, 0.05) is 12.8 Å². The molecule has 2 aliphatic rings. The molecule has 1 aliphatic heterocycles. The van der Waals surface area contributed by atoms with E-state index in [9.17, 15) is 19.5 Å². The highest BCUT2D eigenvalue weighted by molar-refractivity contribution is 5.88. The summed E-state index contributed by atoms with van der Waals surface area (Å²) in [6, 6.07) is 6.61. The molecule has 2 bridgehead atoms.